The predicted octanol–water partition coefficient (Wildman–Crippen LogP) is 4.04. The lowest BCUT2D eigenvalue weighted by Crippen LogP contribution is -1.82. The van der Waals surface area contributed by atoms with E-state index in [4.69, 9.17) is 11.6 Å². The Balaban J connectivity index is 2.53. The maximum atomic E-state index is 6.12. The highest BCUT2D eigenvalue weighted by atomic mass is 35.5. The molecule has 1 heterocycles. The molecule has 0 N–H and O–H groups in total. The van der Waals surface area contributed by atoms with E-state index < -0.39 is 0 Å². The van der Waals surface area contributed by atoms with Crippen molar-refractivity contribution >= 4 is 33.4 Å². The van der Waals surface area contributed by atoms with Gasteiger partial charge >= 0.3 is 0 Å². The molecule has 3 rings (SSSR count). The number of rotatable bonds is 0. The zero-order valence-corrected chi connectivity index (χ0v) is 8.70. The number of benzene rings is 2. The first kappa shape index (κ1) is 8.69. The monoisotopic (exact) mass is 213 g/mol. The quantitative estimate of drug-likeness (QED) is 0.514. The van der Waals surface area contributed by atoms with E-state index in [1.807, 2.05) is 42.5 Å². The minimum Gasteiger partial charge on any atom is -0.248 e. The fourth-order valence-corrected chi connectivity index (χ4v) is 1.99. The van der Waals surface area contributed by atoms with E-state index >= 15 is 0 Å². The SMILES string of the molecule is Clc1cccc2nc3ccccc3cc12. The Hall–Kier alpha value is -1.60. The summed E-state index contributed by atoms with van der Waals surface area (Å²) in [6.07, 6.45) is 0. The Morgan fingerprint density at radius 3 is 2.60 bits per heavy atom. The van der Waals surface area contributed by atoms with Crippen LogP contribution in [0.4, 0.5) is 0 Å². The fraction of sp³-hybridized carbons (Fsp3) is 0. The molecule has 0 bridgehead atoms. The summed E-state index contributed by atoms with van der Waals surface area (Å²) in [5, 5.41) is 2.89. The van der Waals surface area contributed by atoms with Crippen molar-refractivity contribution in [2.45, 2.75) is 0 Å². The molecule has 72 valence electrons. The van der Waals surface area contributed by atoms with Gasteiger partial charge in [-0.25, -0.2) is 4.98 Å². The molecule has 0 atom stereocenters. The number of fused-ring (bicyclic) bond motifs is 2. The van der Waals surface area contributed by atoms with Gasteiger partial charge in [0.05, 0.1) is 11.0 Å². The molecule has 0 saturated carbocycles. The molecule has 2 heteroatoms. The van der Waals surface area contributed by atoms with Gasteiger partial charge < -0.3 is 0 Å². The van der Waals surface area contributed by atoms with Crippen molar-refractivity contribution in [2.24, 2.45) is 0 Å². The lowest BCUT2D eigenvalue weighted by molar-refractivity contribution is 1.50. The van der Waals surface area contributed by atoms with Gasteiger partial charge in [0.15, 0.2) is 0 Å². The third-order valence-corrected chi connectivity index (χ3v) is 2.84. The topological polar surface area (TPSA) is 12.9 Å². The van der Waals surface area contributed by atoms with E-state index in [9.17, 15) is 0 Å². The number of halogens is 1. The molecule has 3 aromatic rings. The van der Waals surface area contributed by atoms with Gasteiger partial charge in [0.1, 0.15) is 0 Å². The summed E-state index contributed by atoms with van der Waals surface area (Å²) in [6.45, 7) is 0. The van der Waals surface area contributed by atoms with Crippen LogP contribution in [0.3, 0.4) is 0 Å². The molecule has 0 unspecified atom stereocenters. The van der Waals surface area contributed by atoms with Gasteiger partial charge in [-0.2, -0.15) is 0 Å². The third kappa shape index (κ3) is 1.36. The standard InChI is InChI=1S/C13H8ClN/c14-11-5-3-7-13-10(11)8-9-4-1-2-6-12(9)15-13/h1-8H. The van der Waals surface area contributed by atoms with Crippen molar-refractivity contribution in [1.29, 1.82) is 0 Å². The van der Waals surface area contributed by atoms with Gasteiger partial charge in [-0.3, -0.25) is 0 Å². The largest absolute Gasteiger partial charge is 0.248 e. The van der Waals surface area contributed by atoms with Crippen molar-refractivity contribution in [2.75, 3.05) is 0 Å². The van der Waals surface area contributed by atoms with Crippen molar-refractivity contribution in [1.82, 2.24) is 4.98 Å². The van der Waals surface area contributed by atoms with Crippen molar-refractivity contribution in [3.63, 3.8) is 0 Å². The maximum Gasteiger partial charge on any atom is 0.0724 e. The van der Waals surface area contributed by atoms with Gasteiger partial charge in [0.25, 0.3) is 0 Å². The molecule has 0 aliphatic rings. The Kier molecular flexibility index (Phi) is 1.86. The molecular weight excluding hydrogens is 206 g/mol. The highest BCUT2D eigenvalue weighted by Crippen LogP contribution is 2.25. The molecule has 0 spiro atoms. The van der Waals surface area contributed by atoms with Crippen LogP contribution in [0.5, 0.6) is 0 Å². The molecular formula is C13H8ClN. The predicted molar refractivity (Wildman–Crippen MR) is 64.3 cm³/mol. The van der Waals surface area contributed by atoms with E-state index in [1.165, 1.54) is 0 Å². The average molecular weight is 214 g/mol. The van der Waals surface area contributed by atoms with Crippen LogP contribution < -0.4 is 0 Å². The second kappa shape index (κ2) is 3.21. The maximum absolute atomic E-state index is 6.12. The van der Waals surface area contributed by atoms with E-state index in [-0.39, 0.29) is 0 Å². The van der Waals surface area contributed by atoms with Crippen LogP contribution in [0, 0.1) is 0 Å². The molecule has 1 nitrogen and oxygen atoms in total. The van der Waals surface area contributed by atoms with E-state index in [0.29, 0.717) is 0 Å². The summed E-state index contributed by atoms with van der Waals surface area (Å²) in [7, 11) is 0. The Labute approximate surface area is 92.3 Å². The minimum absolute atomic E-state index is 0.755. The van der Waals surface area contributed by atoms with Gasteiger partial charge in [-0.1, -0.05) is 35.9 Å². The first-order valence-corrected chi connectivity index (χ1v) is 5.16. The van der Waals surface area contributed by atoms with Crippen LogP contribution in [0.1, 0.15) is 0 Å². The lowest BCUT2D eigenvalue weighted by Gasteiger charge is -2.02. The molecule has 0 amide bonds. The smallest absolute Gasteiger partial charge is 0.0724 e. The van der Waals surface area contributed by atoms with E-state index in [2.05, 4.69) is 11.1 Å². The molecule has 0 fully saturated rings. The zero-order valence-electron chi connectivity index (χ0n) is 7.94. The number of pyridine rings is 1. The normalized spacial score (nSPS) is 11.0. The second-order valence-corrected chi connectivity index (χ2v) is 3.89. The Morgan fingerprint density at radius 1 is 0.867 bits per heavy atom. The zero-order chi connectivity index (χ0) is 10.3. The van der Waals surface area contributed by atoms with Gasteiger partial charge in [-0.05, 0) is 24.3 Å². The van der Waals surface area contributed by atoms with Gasteiger partial charge in [-0.15, -0.1) is 0 Å². The van der Waals surface area contributed by atoms with Crippen molar-refractivity contribution < 1.29 is 0 Å². The number of nitrogens with zero attached hydrogens (tertiary/aromatic N) is 1. The Morgan fingerprint density at radius 2 is 1.67 bits per heavy atom. The van der Waals surface area contributed by atoms with Crippen LogP contribution in [0.25, 0.3) is 21.8 Å². The lowest BCUT2D eigenvalue weighted by atomic mass is 10.1. The number of aromatic nitrogens is 1. The fourth-order valence-electron chi connectivity index (χ4n) is 1.76. The van der Waals surface area contributed by atoms with Crippen molar-refractivity contribution in [3.8, 4) is 0 Å². The van der Waals surface area contributed by atoms with Crippen LogP contribution >= 0.6 is 11.6 Å². The number of hydrogen-bond donors (Lipinski definition) is 0. The van der Waals surface area contributed by atoms with Crippen LogP contribution in [0.15, 0.2) is 48.5 Å². The average Bonchev–Trinajstić information content (AvgIpc) is 2.27. The first-order valence-electron chi connectivity index (χ1n) is 4.78. The molecule has 15 heavy (non-hydrogen) atoms. The molecule has 0 aliphatic heterocycles. The Bertz CT molecular complexity index is 646. The summed E-state index contributed by atoms with van der Waals surface area (Å²) < 4.78 is 0. The summed E-state index contributed by atoms with van der Waals surface area (Å²) in [4.78, 5) is 4.55. The first-order chi connectivity index (χ1) is 7.34. The van der Waals surface area contributed by atoms with Crippen LogP contribution in [-0.4, -0.2) is 4.98 Å². The summed E-state index contributed by atoms with van der Waals surface area (Å²) in [5.41, 5.74) is 1.95. The minimum atomic E-state index is 0.755. The van der Waals surface area contributed by atoms with Gasteiger partial charge in [0, 0.05) is 15.8 Å². The molecule has 0 radical (unpaired) electrons. The highest BCUT2D eigenvalue weighted by molar-refractivity contribution is 6.35. The van der Waals surface area contributed by atoms with Crippen LogP contribution in [0.2, 0.25) is 5.02 Å². The van der Waals surface area contributed by atoms with E-state index in [1.54, 1.807) is 0 Å². The summed E-state index contributed by atoms with van der Waals surface area (Å²) in [5.74, 6) is 0. The van der Waals surface area contributed by atoms with Gasteiger partial charge in [0.2, 0.25) is 0 Å². The molecule has 2 aromatic carbocycles. The van der Waals surface area contributed by atoms with Crippen LogP contribution in [-0.2, 0) is 0 Å². The highest BCUT2D eigenvalue weighted by Gasteiger charge is 2.01. The van der Waals surface area contributed by atoms with Crippen molar-refractivity contribution in [3.05, 3.63) is 53.6 Å². The van der Waals surface area contributed by atoms with E-state index in [0.717, 1.165) is 26.8 Å². The molecule has 0 aliphatic carbocycles. The number of para-hydroxylation sites is 1. The summed E-state index contributed by atoms with van der Waals surface area (Å²) in [6, 6.07) is 15.9. The molecule has 1 aromatic heterocycles. The molecule has 0 saturated heterocycles. The third-order valence-electron chi connectivity index (χ3n) is 2.51. The second-order valence-electron chi connectivity index (χ2n) is 3.49. The summed E-state index contributed by atoms with van der Waals surface area (Å²) >= 11 is 6.12. The number of hydrogen-bond acceptors (Lipinski definition) is 1.